The molecule has 7 nitrogen and oxygen atoms in total. The molecule has 0 bridgehead atoms. The fraction of sp³-hybridized carbons (Fsp3) is 0.588. The van der Waals surface area contributed by atoms with Gasteiger partial charge in [0.05, 0.1) is 18.1 Å². The minimum Gasteiger partial charge on any atom is -0.379 e. The van der Waals surface area contributed by atoms with Gasteiger partial charge in [0.25, 0.3) is 0 Å². The maximum Gasteiger partial charge on any atom is 0.319 e. The molecule has 2 amide bonds. The second-order valence-corrected chi connectivity index (χ2v) is 8.42. The molecule has 2 N–H and O–H groups in total. The van der Waals surface area contributed by atoms with E-state index in [0.29, 0.717) is 32.0 Å². The molecule has 0 unspecified atom stereocenters. The van der Waals surface area contributed by atoms with Gasteiger partial charge in [-0.2, -0.15) is 4.31 Å². The van der Waals surface area contributed by atoms with E-state index in [4.69, 9.17) is 4.74 Å². The zero-order chi connectivity index (χ0) is 17.7. The topological polar surface area (TPSA) is 87.7 Å². The Kier molecular flexibility index (Phi) is 5.93. The summed E-state index contributed by atoms with van der Waals surface area (Å²) in [4.78, 5) is 12.3. The van der Waals surface area contributed by atoms with Crippen LogP contribution in [0.4, 0.5) is 10.5 Å². The number of urea groups is 1. The number of anilines is 1. The Morgan fingerprint density at radius 1 is 1.12 bits per heavy atom. The lowest BCUT2D eigenvalue weighted by molar-refractivity contribution is 0.0730. The molecule has 0 radical (unpaired) electrons. The molecular formula is C17H25N3O4S. The monoisotopic (exact) mass is 367 g/mol. The van der Waals surface area contributed by atoms with Gasteiger partial charge >= 0.3 is 6.03 Å². The number of carbonyl (C=O) groups is 1. The van der Waals surface area contributed by atoms with Crippen molar-refractivity contribution in [3.63, 3.8) is 0 Å². The predicted molar refractivity (Wildman–Crippen MR) is 95.0 cm³/mol. The van der Waals surface area contributed by atoms with Crippen LogP contribution in [0.5, 0.6) is 0 Å². The molecule has 1 aliphatic heterocycles. The largest absolute Gasteiger partial charge is 0.379 e. The van der Waals surface area contributed by atoms with Crippen molar-refractivity contribution in [1.82, 2.24) is 9.62 Å². The van der Waals surface area contributed by atoms with E-state index in [1.807, 2.05) is 0 Å². The molecule has 3 rings (SSSR count). The number of morpholine rings is 1. The van der Waals surface area contributed by atoms with E-state index < -0.39 is 10.0 Å². The van der Waals surface area contributed by atoms with E-state index >= 15 is 0 Å². The summed E-state index contributed by atoms with van der Waals surface area (Å²) in [5.74, 6) is 0. The number of ether oxygens (including phenoxy) is 1. The number of nitrogens with one attached hydrogen (secondary N) is 2. The minimum absolute atomic E-state index is 0.185. The summed E-state index contributed by atoms with van der Waals surface area (Å²) in [5.41, 5.74) is 0.475. The summed E-state index contributed by atoms with van der Waals surface area (Å²) < 4.78 is 32.0. The van der Waals surface area contributed by atoms with Gasteiger partial charge in [-0.3, -0.25) is 0 Å². The van der Waals surface area contributed by atoms with Crippen molar-refractivity contribution in [1.29, 1.82) is 0 Å². The smallest absolute Gasteiger partial charge is 0.319 e. The quantitative estimate of drug-likeness (QED) is 0.854. The summed E-state index contributed by atoms with van der Waals surface area (Å²) in [7, 11) is -3.57. The van der Waals surface area contributed by atoms with Gasteiger partial charge in [0.15, 0.2) is 0 Å². The fourth-order valence-electron chi connectivity index (χ4n) is 3.27. The third kappa shape index (κ3) is 4.71. The van der Waals surface area contributed by atoms with Crippen molar-refractivity contribution < 1.29 is 17.9 Å². The molecule has 8 heteroatoms. The van der Waals surface area contributed by atoms with E-state index in [1.54, 1.807) is 18.2 Å². The highest BCUT2D eigenvalue weighted by molar-refractivity contribution is 7.89. The molecule has 1 heterocycles. The molecule has 1 aromatic carbocycles. The average Bonchev–Trinajstić information content (AvgIpc) is 2.63. The standard InChI is InChI=1S/C17H25N3O4S/c21-17(18-14-5-2-1-3-6-14)19-15-7-4-8-16(13-15)25(22,23)20-9-11-24-12-10-20/h4,7-8,13-14H,1-3,5-6,9-12H2,(H2,18,19,21). The molecule has 0 spiro atoms. The Balaban J connectivity index is 1.65. The van der Waals surface area contributed by atoms with E-state index in [1.165, 1.54) is 16.8 Å². The van der Waals surface area contributed by atoms with Crippen LogP contribution < -0.4 is 10.6 Å². The molecule has 1 aliphatic carbocycles. The molecule has 0 atom stereocenters. The summed E-state index contributed by atoms with van der Waals surface area (Å²) in [6.07, 6.45) is 5.50. The van der Waals surface area contributed by atoms with Crippen LogP contribution in [-0.2, 0) is 14.8 Å². The highest BCUT2D eigenvalue weighted by atomic mass is 32.2. The van der Waals surface area contributed by atoms with Crippen LogP contribution in [0.1, 0.15) is 32.1 Å². The maximum atomic E-state index is 12.7. The Morgan fingerprint density at radius 3 is 2.56 bits per heavy atom. The van der Waals surface area contributed by atoms with Crippen LogP contribution in [-0.4, -0.2) is 51.1 Å². The zero-order valence-corrected chi connectivity index (χ0v) is 15.1. The van der Waals surface area contributed by atoms with Crippen molar-refractivity contribution >= 4 is 21.7 Å². The summed E-state index contributed by atoms with van der Waals surface area (Å²) >= 11 is 0. The van der Waals surface area contributed by atoms with E-state index in [9.17, 15) is 13.2 Å². The lowest BCUT2D eigenvalue weighted by atomic mass is 9.96. The van der Waals surface area contributed by atoms with Gasteiger partial charge in [-0.25, -0.2) is 13.2 Å². The molecule has 25 heavy (non-hydrogen) atoms. The van der Waals surface area contributed by atoms with Gasteiger partial charge < -0.3 is 15.4 Å². The molecule has 138 valence electrons. The summed E-state index contributed by atoms with van der Waals surface area (Å²) in [6.45, 7) is 1.51. The number of benzene rings is 1. The number of carbonyl (C=O) groups excluding carboxylic acids is 1. The first kappa shape index (κ1) is 18.2. The van der Waals surface area contributed by atoms with Crippen LogP contribution in [0.3, 0.4) is 0 Å². The van der Waals surface area contributed by atoms with E-state index in [2.05, 4.69) is 10.6 Å². The maximum absolute atomic E-state index is 12.7. The van der Waals surface area contributed by atoms with Crippen LogP contribution in [0.25, 0.3) is 0 Å². The van der Waals surface area contributed by atoms with E-state index in [0.717, 1.165) is 25.7 Å². The molecule has 2 fully saturated rings. The molecular weight excluding hydrogens is 342 g/mol. The van der Waals surface area contributed by atoms with Crippen molar-refractivity contribution in [2.45, 2.75) is 43.0 Å². The van der Waals surface area contributed by atoms with Crippen molar-refractivity contribution in [2.75, 3.05) is 31.6 Å². The Bertz CT molecular complexity index is 696. The Hall–Kier alpha value is -1.64. The van der Waals surface area contributed by atoms with Gasteiger partial charge in [-0.05, 0) is 31.0 Å². The first-order chi connectivity index (χ1) is 12.1. The normalized spacial score (nSPS) is 20.2. The number of nitrogens with zero attached hydrogens (tertiary/aromatic N) is 1. The molecule has 1 aromatic rings. The van der Waals surface area contributed by atoms with Crippen LogP contribution in [0.15, 0.2) is 29.2 Å². The van der Waals surface area contributed by atoms with Gasteiger partial charge in [0.2, 0.25) is 10.0 Å². The van der Waals surface area contributed by atoms with Crippen LogP contribution >= 0.6 is 0 Å². The predicted octanol–water partition coefficient (Wildman–Crippen LogP) is 2.16. The van der Waals surface area contributed by atoms with Gasteiger partial charge in [-0.1, -0.05) is 25.3 Å². The number of amides is 2. The third-order valence-electron chi connectivity index (χ3n) is 4.64. The Labute approximate surface area is 148 Å². The number of sulfonamides is 1. The van der Waals surface area contributed by atoms with Crippen LogP contribution in [0, 0.1) is 0 Å². The highest BCUT2D eigenvalue weighted by Crippen LogP contribution is 2.21. The first-order valence-corrected chi connectivity index (χ1v) is 10.3. The summed E-state index contributed by atoms with van der Waals surface area (Å²) in [5, 5.41) is 5.71. The van der Waals surface area contributed by atoms with Crippen LogP contribution in [0.2, 0.25) is 0 Å². The van der Waals surface area contributed by atoms with Gasteiger partial charge in [0.1, 0.15) is 0 Å². The highest BCUT2D eigenvalue weighted by Gasteiger charge is 2.26. The number of hydrogen-bond donors (Lipinski definition) is 2. The summed E-state index contributed by atoms with van der Waals surface area (Å²) in [6, 6.07) is 6.31. The fourth-order valence-corrected chi connectivity index (χ4v) is 4.72. The molecule has 0 aromatic heterocycles. The average molecular weight is 367 g/mol. The Morgan fingerprint density at radius 2 is 1.84 bits per heavy atom. The van der Waals surface area contributed by atoms with Crippen molar-refractivity contribution in [3.8, 4) is 0 Å². The van der Waals surface area contributed by atoms with Crippen molar-refractivity contribution in [2.24, 2.45) is 0 Å². The SMILES string of the molecule is O=C(Nc1cccc(S(=O)(=O)N2CCOCC2)c1)NC1CCCCC1. The third-order valence-corrected chi connectivity index (χ3v) is 6.53. The molecule has 1 saturated carbocycles. The van der Waals surface area contributed by atoms with E-state index in [-0.39, 0.29) is 17.0 Å². The lowest BCUT2D eigenvalue weighted by Crippen LogP contribution is -2.40. The number of hydrogen-bond acceptors (Lipinski definition) is 4. The first-order valence-electron chi connectivity index (χ1n) is 8.81. The number of rotatable bonds is 4. The lowest BCUT2D eigenvalue weighted by Gasteiger charge is -2.26. The minimum atomic E-state index is -3.57. The van der Waals surface area contributed by atoms with Gasteiger partial charge in [-0.15, -0.1) is 0 Å². The molecule has 2 aliphatic rings. The second-order valence-electron chi connectivity index (χ2n) is 6.48. The van der Waals surface area contributed by atoms with Gasteiger partial charge in [0, 0.05) is 24.8 Å². The second kappa shape index (κ2) is 8.16. The molecule has 1 saturated heterocycles. The zero-order valence-electron chi connectivity index (χ0n) is 14.2. The van der Waals surface area contributed by atoms with Crippen molar-refractivity contribution in [3.05, 3.63) is 24.3 Å².